The first-order valence-corrected chi connectivity index (χ1v) is 11.8. The summed E-state index contributed by atoms with van der Waals surface area (Å²) in [6.07, 6.45) is 0. The predicted molar refractivity (Wildman–Crippen MR) is 134 cm³/mol. The lowest BCUT2D eigenvalue weighted by molar-refractivity contribution is 0.395. The monoisotopic (exact) mass is 479 g/mol. The number of nitrogens with one attached hydrogen (secondary N) is 2. The summed E-state index contributed by atoms with van der Waals surface area (Å²) in [6, 6.07) is 19.2. The van der Waals surface area contributed by atoms with Gasteiger partial charge in [-0.15, -0.1) is 0 Å². The van der Waals surface area contributed by atoms with Gasteiger partial charge >= 0.3 is 0 Å². The summed E-state index contributed by atoms with van der Waals surface area (Å²) in [5.41, 5.74) is 2.30. The van der Waals surface area contributed by atoms with E-state index in [1.807, 2.05) is 12.1 Å². The Labute approximate surface area is 198 Å². The van der Waals surface area contributed by atoms with Crippen LogP contribution in [0.25, 0.3) is 11.0 Å². The van der Waals surface area contributed by atoms with E-state index in [-0.39, 0.29) is 16.5 Å². The minimum Gasteiger partial charge on any atom is -0.497 e. The molecule has 0 saturated carbocycles. The standard InChI is InChI=1S/C24H25N5O4S/c1-29(2)21-11-7-8-12-22(21)34(30,31)28-24-23(26-19-9-5-6-10-20(19)27-24)25-16-13-17(32-3)15-18(14-16)33-4/h5-15H,1-4H3,(H,25,26)(H,27,28). The van der Waals surface area contributed by atoms with Crippen LogP contribution in [0.15, 0.2) is 71.6 Å². The van der Waals surface area contributed by atoms with Gasteiger partial charge in [0.1, 0.15) is 16.4 Å². The molecule has 0 atom stereocenters. The zero-order chi connectivity index (χ0) is 24.3. The summed E-state index contributed by atoms with van der Waals surface area (Å²) in [6.45, 7) is 0. The van der Waals surface area contributed by atoms with Crippen molar-refractivity contribution in [3.8, 4) is 11.5 Å². The molecular formula is C24H25N5O4S. The number of hydrogen-bond donors (Lipinski definition) is 2. The maximum Gasteiger partial charge on any atom is 0.265 e. The first kappa shape index (κ1) is 23.1. The lowest BCUT2D eigenvalue weighted by atomic mass is 10.2. The maximum atomic E-state index is 13.4. The molecule has 0 aliphatic carbocycles. The number of aromatic nitrogens is 2. The molecule has 0 saturated heterocycles. The molecule has 0 unspecified atom stereocenters. The van der Waals surface area contributed by atoms with E-state index in [0.717, 1.165) is 0 Å². The van der Waals surface area contributed by atoms with Crippen molar-refractivity contribution in [3.05, 3.63) is 66.7 Å². The minimum atomic E-state index is -3.98. The van der Waals surface area contributed by atoms with Gasteiger partial charge in [0.2, 0.25) is 0 Å². The fourth-order valence-corrected chi connectivity index (χ4v) is 4.70. The second-order valence-electron chi connectivity index (χ2n) is 7.60. The van der Waals surface area contributed by atoms with Crippen LogP contribution in [0, 0.1) is 0 Å². The normalized spacial score (nSPS) is 11.2. The van der Waals surface area contributed by atoms with E-state index in [9.17, 15) is 8.42 Å². The highest BCUT2D eigenvalue weighted by Gasteiger charge is 2.23. The summed E-state index contributed by atoms with van der Waals surface area (Å²) in [5, 5.41) is 3.15. The number of hydrogen-bond acceptors (Lipinski definition) is 8. The number of methoxy groups -OCH3 is 2. The third-order valence-corrected chi connectivity index (χ3v) is 6.44. The number of anilines is 4. The molecule has 0 aliphatic heterocycles. The maximum absolute atomic E-state index is 13.4. The predicted octanol–water partition coefficient (Wildman–Crippen LogP) is 4.26. The lowest BCUT2D eigenvalue weighted by Gasteiger charge is -2.19. The van der Waals surface area contributed by atoms with Crippen molar-refractivity contribution >= 4 is 44.1 Å². The summed E-state index contributed by atoms with van der Waals surface area (Å²) in [4.78, 5) is 11.0. The van der Waals surface area contributed by atoms with Crippen LogP contribution in [-0.2, 0) is 10.0 Å². The van der Waals surface area contributed by atoms with Gasteiger partial charge in [0.05, 0.1) is 30.9 Å². The smallest absolute Gasteiger partial charge is 0.265 e. The topological polar surface area (TPSA) is 106 Å². The summed E-state index contributed by atoms with van der Waals surface area (Å²) in [5.74, 6) is 1.43. The Morgan fingerprint density at radius 3 is 1.94 bits per heavy atom. The number of fused-ring (bicyclic) bond motifs is 1. The molecule has 0 spiro atoms. The largest absolute Gasteiger partial charge is 0.497 e. The van der Waals surface area contributed by atoms with Gasteiger partial charge in [-0.1, -0.05) is 24.3 Å². The van der Waals surface area contributed by atoms with Gasteiger partial charge in [-0.05, 0) is 24.3 Å². The molecule has 4 aromatic rings. The van der Waals surface area contributed by atoms with Crippen LogP contribution in [0.1, 0.15) is 0 Å². The number of nitrogens with zero attached hydrogens (tertiary/aromatic N) is 3. The first-order valence-electron chi connectivity index (χ1n) is 10.4. The Morgan fingerprint density at radius 1 is 0.794 bits per heavy atom. The molecule has 9 nitrogen and oxygen atoms in total. The molecule has 4 rings (SSSR count). The second-order valence-corrected chi connectivity index (χ2v) is 9.25. The molecule has 2 N–H and O–H groups in total. The van der Waals surface area contributed by atoms with E-state index < -0.39 is 10.0 Å². The fourth-order valence-electron chi connectivity index (χ4n) is 3.41. The molecule has 0 bridgehead atoms. The number of rotatable bonds is 8. The van der Waals surface area contributed by atoms with Crippen LogP contribution in [0.4, 0.5) is 23.0 Å². The Balaban J connectivity index is 1.81. The Hall–Kier alpha value is -4.05. The van der Waals surface area contributed by atoms with Crippen molar-refractivity contribution in [3.63, 3.8) is 0 Å². The van der Waals surface area contributed by atoms with Crippen molar-refractivity contribution in [2.24, 2.45) is 0 Å². The molecule has 34 heavy (non-hydrogen) atoms. The quantitative estimate of drug-likeness (QED) is 0.386. The molecule has 3 aromatic carbocycles. The van der Waals surface area contributed by atoms with E-state index in [1.54, 1.807) is 87.8 Å². The van der Waals surface area contributed by atoms with Gasteiger partial charge in [0, 0.05) is 38.0 Å². The lowest BCUT2D eigenvalue weighted by Crippen LogP contribution is -2.20. The summed E-state index contributed by atoms with van der Waals surface area (Å²) in [7, 11) is 2.69. The van der Waals surface area contributed by atoms with Crippen LogP contribution >= 0.6 is 0 Å². The Morgan fingerprint density at radius 2 is 1.35 bits per heavy atom. The van der Waals surface area contributed by atoms with Gasteiger partial charge in [-0.25, -0.2) is 18.4 Å². The van der Waals surface area contributed by atoms with E-state index in [0.29, 0.717) is 33.9 Å². The van der Waals surface area contributed by atoms with E-state index in [2.05, 4.69) is 20.0 Å². The zero-order valence-electron chi connectivity index (χ0n) is 19.2. The third-order valence-electron chi connectivity index (χ3n) is 5.05. The minimum absolute atomic E-state index is 0.0639. The average Bonchev–Trinajstić information content (AvgIpc) is 2.83. The number of ether oxygens (including phenoxy) is 2. The highest BCUT2D eigenvalue weighted by Crippen LogP contribution is 2.32. The van der Waals surface area contributed by atoms with E-state index in [1.165, 1.54) is 0 Å². The Bertz CT molecular complexity index is 1420. The van der Waals surface area contributed by atoms with E-state index in [4.69, 9.17) is 9.47 Å². The van der Waals surface area contributed by atoms with Crippen molar-refractivity contribution in [1.82, 2.24) is 9.97 Å². The molecule has 10 heteroatoms. The van der Waals surface area contributed by atoms with Gasteiger partial charge in [-0.3, -0.25) is 4.72 Å². The van der Waals surface area contributed by atoms with Crippen molar-refractivity contribution in [2.75, 3.05) is 43.3 Å². The fraction of sp³-hybridized carbons (Fsp3) is 0.167. The van der Waals surface area contributed by atoms with Crippen molar-refractivity contribution in [1.29, 1.82) is 0 Å². The molecular weight excluding hydrogens is 454 g/mol. The number of benzene rings is 3. The molecule has 176 valence electrons. The van der Waals surface area contributed by atoms with E-state index >= 15 is 0 Å². The first-order chi connectivity index (χ1) is 16.3. The average molecular weight is 480 g/mol. The SMILES string of the molecule is COc1cc(Nc2nc3ccccc3nc2NS(=O)(=O)c2ccccc2N(C)C)cc(OC)c1. The molecule has 0 fully saturated rings. The van der Waals surface area contributed by atoms with Crippen LogP contribution in [0.2, 0.25) is 0 Å². The van der Waals surface area contributed by atoms with Crippen LogP contribution < -0.4 is 24.4 Å². The highest BCUT2D eigenvalue weighted by atomic mass is 32.2. The zero-order valence-corrected chi connectivity index (χ0v) is 20.1. The summed E-state index contributed by atoms with van der Waals surface area (Å²) >= 11 is 0. The Kier molecular flexibility index (Phi) is 6.42. The van der Waals surface area contributed by atoms with Gasteiger partial charge in [-0.2, -0.15) is 0 Å². The van der Waals surface area contributed by atoms with Crippen LogP contribution in [0.5, 0.6) is 11.5 Å². The molecule has 1 aromatic heterocycles. The van der Waals surface area contributed by atoms with Crippen LogP contribution in [-0.4, -0.2) is 46.7 Å². The van der Waals surface area contributed by atoms with Gasteiger partial charge in [0.15, 0.2) is 11.6 Å². The van der Waals surface area contributed by atoms with Crippen molar-refractivity contribution < 1.29 is 17.9 Å². The summed E-state index contributed by atoms with van der Waals surface area (Å²) < 4.78 is 40.1. The number of sulfonamides is 1. The number of para-hydroxylation sites is 3. The van der Waals surface area contributed by atoms with Gasteiger partial charge in [0.25, 0.3) is 10.0 Å². The van der Waals surface area contributed by atoms with Crippen molar-refractivity contribution in [2.45, 2.75) is 4.90 Å². The molecule has 0 amide bonds. The van der Waals surface area contributed by atoms with Gasteiger partial charge < -0.3 is 19.7 Å². The second kappa shape index (κ2) is 9.44. The molecule has 0 radical (unpaired) electrons. The highest BCUT2D eigenvalue weighted by molar-refractivity contribution is 7.92. The third kappa shape index (κ3) is 4.81. The molecule has 1 heterocycles. The van der Waals surface area contributed by atoms with Crippen LogP contribution in [0.3, 0.4) is 0 Å². The molecule has 0 aliphatic rings.